The molecule has 84 valence electrons. The third-order valence-corrected chi connectivity index (χ3v) is 2.24. The second-order valence-corrected chi connectivity index (χ2v) is 3.73. The van der Waals surface area contributed by atoms with Crippen LogP contribution in [0, 0.1) is 0 Å². The number of carbonyl (C=O) groups is 1. The maximum atomic E-state index is 10.6. The fourth-order valence-electron chi connectivity index (χ4n) is 1.36. The Morgan fingerprint density at radius 3 is 2.80 bits per heavy atom. The molecule has 5 heteroatoms. The van der Waals surface area contributed by atoms with Crippen LogP contribution in [0.25, 0.3) is 0 Å². The average molecular weight is 211 g/mol. The van der Waals surface area contributed by atoms with Gasteiger partial charge in [-0.3, -0.25) is 14.4 Å². The first kappa shape index (κ1) is 11.7. The van der Waals surface area contributed by atoms with Crippen LogP contribution >= 0.6 is 0 Å². The van der Waals surface area contributed by atoms with Crippen molar-refractivity contribution in [3.05, 3.63) is 18.5 Å². The Morgan fingerprint density at radius 1 is 1.60 bits per heavy atom. The van der Waals surface area contributed by atoms with Crippen LogP contribution < -0.4 is 0 Å². The third-order valence-electron chi connectivity index (χ3n) is 2.24. The zero-order valence-electron chi connectivity index (χ0n) is 9.13. The minimum Gasteiger partial charge on any atom is -0.480 e. The molecule has 1 rings (SSSR count). The lowest BCUT2D eigenvalue weighted by molar-refractivity contribution is -0.138. The molecule has 15 heavy (non-hydrogen) atoms. The molecule has 0 aromatic carbocycles. The first-order chi connectivity index (χ1) is 7.09. The lowest BCUT2D eigenvalue weighted by Gasteiger charge is -2.24. The molecule has 0 bridgehead atoms. The van der Waals surface area contributed by atoms with E-state index in [1.54, 1.807) is 10.9 Å². The van der Waals surface area contributed by atoms with E-state index in [1.165, 1.54) is 0 Å². The van der Waals surface area contributed by atoms with Crippen molar-refractivity contribution < 1.29 is 9.90 Å². The molecule has 0 saturated carbocycles. The molecule has 1 aromatic heterocycles. The summed E-state index contributed by atoms with van der Waals surface area (Å²) in [5, 5.41) is 12.8. The van der Waals surface area contributed by atoms with E-state index in [0.717, 1.165) is 6.54 Å². The molecular weight excluding hydrogens is 194 g/mol. The monoisotopic (exact) mass is 211 g/mol. The van der Waals surface area contributed by atoms with Gasteiger partial charge in [-0.05, 0) is 19.9 Å². The predicted molar refractivity (Wildman–Crippen MR) is 56.6 cm³/mol. The van der Waals surface area contributed by atoms with Gasteiger partial charge in [0.15, 0.2) is 0 Å². The van der Waals surface area contributed by atoms with E-state index in [1.807, 2.05) is 31.0 Å². The van der Waals surface area contributed by atoms with Crippen LogP contribution in [0.5, 0.6) is 0 Å². The highest BCUT2D eigenvalue weighted by molar-refractivity contribution is 5.69. The summed E-state index contributed by atoms with van der Waals surface area (Å²) in [5.74, 6) is -0.788. The van der Waals surface area contributed by atoms with E-state index in [4.69, 9.17) is 5.11 Å². The number of nitrogens with zero attached hydrogens (tertiary/aromatic N) is 3. The van der Waals surface area contributed by atoms with E-state index in [0.29, 0.717) is 6.54 Å². The van der Waals surface area contributed by atoms with Crippen molar-refractivity contribution in [3.63, 3.8) is 0 Å². The van der Waals surface area contributed by atoms with Gasteiger partial charge >= 0.3 is 5.97 Å². The Bertz CT molecular complexity index is 296. The second-order valence-electron chi connectivity index (χ2n) is 3.73. The van der Waals surface area contributed by atoms with Crippen molar-refractivity contribution in [2.24, 2.45) is 0 Å². The molecule has 1 aromatic rings. The van der Waals surface area contributed by atoms with Gasteiger partial charge in [-0.25, -0.2) is 0 Å². The van der Waals surface area contributed by atoms with E-state index in [2.05, 4.69) is 5.10 Å². The van der Waals surface area contributed by atoms with Crippen molar-refractivity contribution in [1.29, 1.82) is 0 Å². The van der Waals surface area contributed by atoms with Crippen LogP contribution in [0.15, 0.2) is 18.5 Å². The van der Waals surface area contributed by atoms with Gasteiger partial charge in [-0.1, -0.05) is 0 Å². The largest absolute Gasteiger partial charge is 0.480 e. The van der Waals surface area contributed by atoms with E-state index < -0.39 is 5.97 Å². The average Bonchev–Trinajstić information content (AvgIpc) is 2.63. The maximum absolute atomic E-state index is 10.6. The molecule has 0 fully saturated rings. The maximum Gasteiger partial charge on any atom is 0.317 e. The molecule has 1 heterocycles. The normalized spacial score (nSPS) is 11.2. The highest BCUT2D eigenvalue weighted by Gasteiger charge is 2.12. The third kappa shape index (κ3) is 4.12. The molecule has 1 N–H and O–H groups in total. The number of aromatic nitrogens is 2. The van der Waals surface area contributed by atoms with Crippen molar-refractivity contribution in [3.8, 4) is 0 Å². The summed E-state index contributed by atoms with van der Waals surface area (Å²) in [6.07, 6.45) is 3.59. The fourth-order valence-corrected chi connectivity index (χ4v) is 1.36. The highest BCUT2D eigenvalue weighted by atomic mass is 16.4. The SMILES string of the molecule is CC(C)N(CCn1cccn1)CC(=O)O. The molecule has 0 aliphatic carbocycles. The zero-order chi connectivity index (χ0) is 11.3. The van der Waals surface area contributed by atoms with Crippen molar-refractivity contribution in [2.75, 3.05) is 13.1 Å². The Hall–Kier alpha value is -1.36. The van der Waals surface area contributed by atoms with E-state index >= 15 is 0 Å². The number of rotatable bonds is 6. The summed E-state index contributed by atoms with van der Waals surface area (Å²) in [5.41, 5.74) is 0. The Labute approximate surface area is 89.3 Å². The number of carboxylic acids is 1. The molecule has 0 amide bonds. The van der Waals surface area contributed by atoms with Crippen LogP contribution in [0.4, 0.5) is 0 Å². The van der Waals surface area contributed by atoms with Crippen molar-refractivity contribution in [1.82, 2.24) is 14.7 Å². The van der Waals surface area contributed by atoms with Gasteiger partial charge in [0.25, 0.3) is 0 Å². The second kappa shape index (κ2) is 5.50. The van der Waals surface area contributed by atoms with Gasteiger partial charge in [-0.2, -0.15) is 5.10 Å². The number of carboxylic acid groups (broad SMARTS) is 1. The topological polar surface area (TPSA) is 58.4 Å². The van der Waals surface area contributed by atoms with Gasteiger partial charge in [-0.15, -0.1) is 0 Å². The van der Waals surface area contributed by atoms with E-state index in [9.17, 15) is 4.79 Å². The Balaban J connectivity index is 2.41. The molecule has 0 spiro atoms. The quantitative estimate of drug-likeness (QED) is 0.751. The Morgan fingerprint density at radius 2 is 2.33 bits per heavy atom. The zero-order valence-corrected chi connectivity index (χ0v) is 9.13. The number of aliphatic carboxylic acids is 1. The van der Waals surface area contributed by atoms with Gasteiger partial charge in [0.2, 0.25) is 0 Å². The molecule has 0 radical (unpaired) electrons. The van der Waals surface area contributed by atoms with Gasteiger partial charge < -0.3 is 5.11 Å². The molecule has 0 aliphatic rings. The van der Waals surface area contributed by atoms with Crippen LogP contribution in [-0.2, 0) is 11.3 Å². The van der Waals surface area contributed by atoms with Crippen LogP contribution in [0.2, 0.25) is 0 Å². The summed E-state index contributed by atoms with van der Waals surface area (Å²) >= 11 is 0. The van der Waals surface area contributed by atoms with Gasteiger partial charge in [0.1, 0.15) is 0 Å². The minimum atomic E-state index is -0.788. The number of hydrogen-bond donors (Lipinski definition) is 1. The minimum absolute atomic E-state index is 0.0823. The predicted octanol–water partition coefficient (Wildman–Crippen LogP) is 0.678. The highest BCUT2D eigenvalue weighted by Crippen LogP contribution is 1.98. The summed E-state index contributed by atoms with van der Waals surface area (Å²) in [6, 6.07) is 2.09. The lowest BCUT2D eigenvalue weighted by Crippen LogP contribution is -2.37. The van der Waals surface area contributed by atoms with Crippen LogP contribution in [0.3, 0.4) is 0 Å². The van der Waals surface area contributed by atoms with Gasteiger partial charge in [0.05, 0.1) is 13.1 Å². The van der Waals surface area contributed by atoms with Crippen LogP contribution in [-0.4, -0.2) is 44.9 Å². The van der Waals surface area contributed by atoms with Crippen molar-refractivity contribution >= 4 is 5.97 Å². The first-order valence-electron chi connectivity index (χ1n) is 5.03. The lowest BCUT2D eigenvalue weighted by atomic mass is 10.3. The molecule has 0 saturated heterocycles. The van der Waals surface area contributed by atoms with Gasteiger partial charge in [0, 0.05) is 25.0 Å². The molecular formula is C10H17N3O2. The van der Waals surface area contributed by atoms with Crippen LogP contribution in [0.1, 0.15) is 13.8 Å². The summed E-state index contributed by atoms with van der Waals surface area (Å²) in [7, 11) is 0. The molecule has 0 unspecified atom stereocenters. The summed E-state index contributed by atoms with van der Waals surface area (Å²) < 4.78 is 1.80. The smallest absolute Gasteiger partial charge is 0.317 e. The van der Waals surface area contributed by atoms with Crippen molar-refractivity contribution in [2.45, 2.75) is 26.4 Å². The fraction of sp³-hybridized carbons (Fsp3) is 0.600. The summed E-state index contributed by atoms with van der Waals surface area (Å²) in [6.45, 7) is 5.49. The molecule has 0 aliphatic heterocycles. The van der Waals surface area contributed by atoms with E-state index in [-0.39, 0.29) is 12.6 Å². The Kier molecular flexibility index (Phi) is 4.30. The first-order valence-corrected chi connectivity index (χ1v) is 5.03. The summed E-state index contributed by atoms with van der Waals surface area (Å²) in [4.78, 5) is 12.5. The standard InChI is InChI=1S/C10H17N3O2/c1-9(2)12(8-10(14)15)6-7-13-5-3-4-11-13/h3-5,9H,6-8H2,1-2H3,(H,14,15). The molecule has 0 atom stereocenters. The number of hydrogen-bond acceptors (Lipinski definition) is 3. The molecule has 5 nitrogen and oxygen atoms in total.